The van der Waals surface area contributed by atoms with Gasteiger partial charge in [0, 0.05) is 4.88 Å². The molecule has 1 unspecified atom stereocenters. The van der Waals surface area contributed by atoms with Gasteiger partial charge in [0.15, 0.2) is 0 Å². The lowest BCUT2D eigenvalue weighted by molar-refractivity contribution is -0.141. The predicted octanol–water partition coefficient (Wildman–Crippen LogP) is 2.49. The summed E-state index contributed by atoms with van der Waals surface area (Å²) in [5.74, 6) is -1.66. The van der Waals surface area contributed by atoms with Crippen molar-refractivity contribution in [1.29, 1.82) is 0 Å². The van der Waals surface area contributed by atoms with E-state index in [-0.39, 0.29) is 6.54 Å². The van der Waals surface area contributed by atoms with Crippen LogP contribution in [-0.2, 0) is 27.2 Å². The Morgan fingerprint density at radius 2 is 1.93 bits per heavy atom. The highest BCUT2D eigenvalue weighted by Gasteiger charge is 2.35. The van der Waals surface area contributed by atoms with E-state index in [0.717, 1.165) is 36.1 Å². The normalized spacial score (nSPS) is 19.3. The summed E-state index contributed by atoms with van der Waals surface area (Å²) in [6.07, 6.45) is 0.0790. The monoisotopic (exact) mass is 447 g/mol. The van der Waals surface area contributed by atoms with Crippen molar-refractivity contribution >= 4 is 34.1 Å². The van der Waals surface area contributed by atoms with E-state index in [9.17, 15) is 27.6 Å². The minimum Gasteiger partial charge on any atom is -0.465 e. The van der Waals surface area contributed by atoms with Gasteiger partial charge in [0.2, 0.25) is 11.8 Å². The Kier molecular flexibility index (Phi) is 7.02. The van der Waals surface area contributed by atoms with E-state index in [1.165, 1.54) is 18.4 Å². The second-order valence-electron chi connectivity index (χ2n) is 7.42. The summed E-state index contributed by atoms with van der Waals surface area (Å²) >= 11 is 1.35. The zero-order chi connectivity index (χ0) is 21.9. The lowest BCUT2D eigenvalue weighted by Gasteiger charge is -2.23. The van der Waals surface area contributed by atoms with Gasteiger partial charge in [0.1, 0.15) is 11.5 Å². The van der Waals surface area contributed by atoms with Crippen LogP contribution in [0.3, 0.4) is 0 Å². The molecule has 2 aliphatic rings. The number of hydrogen-bond acceptors (Lipinski definition) is 6. The summed E-state index contributed by atoms with van der Waals surface area (Å²) in [6, 6.07) is -0.783. The van der Waals surface area contributed by atoms with Crippen molar-refractivity contribution in [2.45, 2.75) is 50.7 Å². The molecule has 0 bridgehead atoms. The summed E-state index contributed by atoms with van der Waals surface area (Å²) in [5.41, 5.74) is 1.30. The molecule has 0 spiro atoms. The average Bonchev–Trinajstić information content (AvgIpc) is 3.28. The van der Waals surface area contributed by atoms with Crippen molar-refractivity contribution < 1.29 is 32.3 Å². The van der Waals surface area contributed by atoms with Crippen molar-refractivity contribution in [3.8, 4) is 0 Å². The minimum absolute atomic E-state index is 0.146. The lowest BCUT2D eigenvalue weighted by atomic mass is 9.95. The maximum atomic E-state index is 12.6. The maximum absolute atomic E-state index is 12.6. The van der Waals surface area contributed by atoms with Crippen LogP contribution in [0.2, 0.25) is 0 Å². The molecule has 11 heteroatoms. The van der Waals surface area contributed by atoms with E-state index in [0.29, 0.717) is 30.0 Å². The number of thiophene rings is 1. The van der Waals surface area contributed by atoms with Gasteiger partial charge in [-0.2, -0.15) is 13.2 Å². The van der Waals surface area contributed by atoms with Gasteiger partial charge in [0.05, 0.1) is 25.3 Å². The molecule has 2 heterocycles. The maximum Gasteiger partial charge on any atom is 0.405 e. The van der Waals surface area contributed by atoms with E-state index < -0.39 is 36.5 Å². The second-order valence-corrected chi connectivity index (χ2v) is 8.52. The van der Waals surface area contributed by atoms with E-state index in [1.807, 2.05) is 5.32 Å². The van der Waals surface area contributed by atoms with Crippen LogP contribution in [0, 0.1) is 0 Å². The minimum atomic E-state index is -4.49. The summed E-state index contributed by atoms with van der Waals surface area (Å²) in [6.45, 7) is -1.11. The fourth-order valence-electron chi connectivity index (χ4n) is 3.94. The molecule has 3 rings (SSSR count). The van der Waals surface area contributed by atoms with Gasteiger partial charge in [-0.15, -0.1) is 11.3 Å². The zero-order valence-corrected chi connectivity index (χ0v) is 17.4. The van der Waals surface area contributed by atoms with Gasteiger partial charge in [-0.25, -0.2) is 4.79 Å². The Morgan fingerprint density at radius 3 is 2.63 bits per heavy atom. The van der Waals surface area contributed by atoms with Crippen LogP contribution in [0.4, 0.5) is 18.2 Å². The SMILES string of the molecule is COC(=O)c1c(NC(=O)CN2CCCC2C(=O)NCC(F)(F)F)sc2c1CCCC2. The van der Waals surface area contributed by atoms with Gasteiger partial charge in [-0.05, 0) is 50.6 Å². The Hall–Kier alpha value is -2.14. The van der Waals surface area contributed by atoms with Crippen LogP contribution in [-0.4, -0.2) is 61.6 Å². The highest BCUT2D eigenvalue weighted by Crippen LogP contribution is 2.38. The number of nitrogens with one attached hydrogen (secondary N) is 2. The van der Waals surface area contributed by atoms with Gasteiger partial charge >= 0.3 is 12.1 Å². The third-order valence-electron chi connectivity index (χ3n) is 5.29. The van der Waals surface area contributed by atoms with Crippen molar-refractivity contribution in [1.82, 2.24) is 10.2 Å². The summed E-state index contributed by atoms with van der Waals surface area (Å²) in [5, 5.41) is 5.06. The van der Waals surface area contributed by atoms with Crippen LogP contribution < -0.4 is 10.6 Å². The molecule has 0 aromatic carbocycles. The number of alkyl halides is 3. The number of esters is 1. The first-order valence-electron chi connectivity index (χ1n) is 9.81. The number of amides is 2. The summed E-state index contributed by atoms with van der Waals surface area (Å²) in [7, 11) is 1.29. The summed E-state index contributed by atoms with van der Waals surface area (Å²) in [4.78, 5) is 39.6. The number of halogens is 3. The first-order valence-corrected chi connectivity index (χ1v) is 10.6. The van der Waals surface area contributed by atoms with Gasteiger partial charge in [0.25, 0.3) is 0 Å². The number of carbonyl (C=O) groups excluding carboxylic acids is 3. The number of methoxy groups -OCH3 is 1. The van der Waals surface area contributed by atoms with Crippen LogP contribution in [0.5, 0.6) is 0 Å². The Bertz CT molecular complexity index is 825. The average molecular weight is 447 g/mol. The molecule has 1 saturated heterocycles. The van der Waals surface area contributed by atoms with Crippen LogP contribution in [0.15, 0.2) is 0 Å². The van der Waals surface area contributed by atoms with Crippen molar-refractivity contribution in [3.05, 3.63) is 16.0 Å². The Morgan fingerprint density at radius 1 is 1.20 bits per heavy atom. The Labute approximate surface area is 175 Å². The molecule has 1 fully saturated rings. The number of nitrogens with zero attached hydrogens (tertiary/aromatic N) is 1. The number of carbonyl (C=O) groups is 3. The van der Waals surface area contributed by atoms with Crippen molar-refractivity contribution in [3.63, 3.8) is 0 Å². The number of ether oxygens (including phenoxy) is 1. The molecular weight excluding hydrogens is 423 g/mol. The van der Waals surface area contributed by atoms with Crippen LogP contribution >= 0.6 is 11.3 Å². The number of likely N-dealkylation sites (tertiary alicyclic amines) is 1. The first-order chi connectivity index (χ1) is 14.2. The molecule has 1 atom stereocenters. The molecule has 2 N–H and O–H groups in total. The van der Waals surface area contributed by atoms with E-state index >= 15 is 0 Å². The fraction of sp³-hybridized carbons (Fsp3) is 0.632. The predicted molar refractivity (Wildman–Crippen MR) is 105 cm³/mol. The van der Waals surface area contributed by atoms with E-state index in [1.54, 1.807) is 4.90 Å². The molecule has 1 aromatic rings. The molecule has 1 aromatic heterocycles. The smallest absolute Gasteiger partial charge is 0.405 e. The summed E-state index contributed by atoms with van der Waals surface area (Å²) < 4.78 is 41.9. The molecule has 0 saturated carbocycles. The largest absolute Gasteiger partial charge is 0.465 e. The van der Waals surface area contributed by atoms with Crippen molar-refractivity contribution in [2.75, 3.05) is 32.1 Å². The third-order valence-corrected chi connectivity index (χ3v) is 6.50. The highest BCUT2D eigenvalue weighted by atomic mass is 32.1. The Balaban J connectivity index is 1.66. The fourth-order valence-corrected chi connectivity index (χ4v) is 5.23. The topological polar surface area (TPSA) is 87.7 Å². The molecule has 30 heavy (non-hydrogen) atoms. The molecular formula is C19H24F3N3O4S. The number of hydrogen-bond donors (Lipinski definition) is 2. The van der Waals surface area contributed by atoms with Crippen LogP contribution in [0.25, 0.3) is 0 Å². The van der Waals surface area contributed by atoms with Gasteiger partial charge < -0.3 is 15.4 Å². The number of fused-ring (bicyclic) bond motifs is 1. The molecule has 1 aliphatic heterocycles. The second kappa shape index (κ2) is 9.34. The quantitative estimate of drug-likeness (QED) is 0.655. The highest BCUT2D eigenvalue weighted by molar-refractivity contribution is 7.17. The number of anilines is 1. The first kappa shape index (κ1) is 22.5. The zero-order valence-electron chi connectivity index (χ0n) is 16.6. The van der Waals surface area contributed by atoms with Crippen LogP contribution in [0.1, 0.15) is 46.5 Å². The molecule has 1 aliphatic carbocycles. The molecule has 2 amide bonds. The third kappa shape index (κ3) is 5.31. The van der Waals surface area contributed by atoms with Gasteiger partial charge in [-0.3, -0.25) is 14.5 Å². The molecule has 166 valence electrons. The molecule has 7 nitrogen and oxygen atoms in total. The van der Waals surface area contributed by atoms with Crippen molar-refractivity contribution in [2.24, 2.45) is 0 Å². The standard InChI is InChI=1S/C19H24F3N3O4S/c1-29-18(28)15-11-5-2-3-7-13(11)30-17(15)24-14(26)9-25-8-4-6-12(25)16(27)23-10-19(20,21)22/h12H,2-10H2,1H3,(H,23,27)(H,24,26). The molecule has 0 radical (unpaired) electrons. The number of rotatable bonds is 6. The van der Waals surface area contributed by atoms with E-state index in [4.69, 9.17) is 4.74 Å². The van der Waals surface area contributed by atoms with Gasteiger partial charge in [-0.1, -0.05) is 0 Å². The van der Waals surface area contributed by atoms with E-state index in [2.05, 4.69) is 5.32 Å². The number of aryl methyl sites for hydroxylation is 1. The lowest BCUT2D eigenvalue weighted by Crippen LogP contribution is -2.47.